The fraction of sp³-hybridized carbons (Fsp3) is 0.0909. The molecule has 1 aromatic heterocycles. The van der Waals surface area contributed by atoms with E-state index in [0.717, 1.165) is 10.9 Å². The summed E-state index contributed by atoms with van der Waals surface area (Å²) in [5.74, 6) is -0.0288. The highest BCUT2D eigenvalue weighted by Crippen LogP contribution is 2.12. The van der Waals surface area contributed by atoms with Gasteiger partial charge in [0.05, 0.1) is 11.7 Å². The van der Waals surface area contributed by atoms with Gasteiger partial charge in [0.2, 0.25) is 0 Å². The van der Waals surface area contributed by atoms with Crippen molar-refractivity contribution >= 4 is 16.7 Å². The van der Waals surface area contributed by atoms with Crippen molar-refractivity contribution in [2.75, 3.05) is 0 Å². The number of nitrogens with zero attached hydrogens (tertiary/aromatic N) is 2. The number of carbonyl (C=O) groups excluding carboxylic acids is 1. The van der Waals surface area contributed by atoms with Gasteiger partial charge in [-0.15, -0.1) is 0 Å². The van der Waals surface area contributed by atoms with Crippen LogP contribution in [0, 0.1) is 0 Å². The zero-order chi connectivity index (χ0) is 9.97. The monoisotopic (exact) mass is 186 g/mol. The third-order valence-corrected chi connectivity index (χ3v) is 2.08. The van der Waals surface area contributed by atoms with Crippen molar-refractivity contribution in [3.05, 3.63) is 43.1 Å². The molecule has 0 amide bonds. The van der Waals surface area contributed by atoms with Gasteiger partial charge in [0.1, 0.15) is 6.54 Å². The second-order valence-corrected chi connectivity index (χ2v) is 3.03. The standard InChI is InChI=1S/C11H10N2O/c1-2-10(14)8-13-11-6-4-3-5-9(11)7-12-13/h2-7H,1,8H2. The number of rotatable bonds is 3. The maximum absolute atomic E-state index is 11.1. The number of fused-ring (bicyclic) bond motifs is 1. The van der Waals surface area contributed by atoms with Crippen LogP contribution in [0.15, 0.2) is 43.1 Å². The molecular weight excluding hydrogens is 176 g/mol. The van der Waals surface area contributed by atoms with Crippen molar-refractivity contribution in [2.24, 2.45) is 0 Å². The average molecular weight is 186 g/mol. The molecular formula is C11H10N2O. The molecule has 0 aliphatic carbocycles. The Hall–Kier alpha value is -1.90. The van der Waals surface area contributed by atoms with E-state index in [9.17, 15) is 4.79 Å². The maximum Gasteiger partial charge on any atom is 0.176 e. The summed E-state index contributed by atoms with van der Waals surface area (Å²) >= 11 is 0. The van der Waals surface area contributed by atoms with E-state index in [4.69, 9.17) is 0 Å². The van der Waals surface area contributed by atoms with Crippen LogP contribution in [0.1, 0.15) is 0 Å². The van der Waals surface area contributed by atoms with Crippen molar-refractivity contribution < 1.29 is 4.79 Å². The van der Waals surface area contributed by atoms with Crippen LogP contribution in [-0.2, 0) is 11.3 Å². The number of hydrogen-bond acceptors (Lipinski definition) is 2. The number of benzene rings is 1. The third kappa shape index (κ3) is 1.44. The Balaban J connectivity index is 2.43. The van der Waals surface area contributed by atoms with Crippen LogP contribution < -0.4 is 0 Å². The summed E-state index contributed by atoms with van der Waals surface area (Å²) in [7, 11) is 0. The van der Waals surface area contributed by atoms with Gasteiger partial charge in [0.25, 0.3) is 0 Å². The predicted molar refractivity (Wildman–Crippen MR) is 54.9 cm³/mol. The lowest BCUT2D eigenvalue weighted by atomic mass is 10.2. The number of carbonyl (C=O) groups is 1. The molecule has 0 spiro atoms. The second-order valence-electron chi connectivity index (χ2n) is 3.03. The van der Waals surface area contributed by atoms with E-state index in [1.807, 2.05) is 24.3 Å². The topological polar surface area (TPSA) is 34.9 Å². The molecule has 1 aromatic carbocycles. The molecule has 0 aliphatic rings. The highest BCUT2D eigenvalue weighted by molar-refractivity contribution is 5.90. The molecule has 2 rings (SSSR count). The molecule has 0 radical (unpaired) electrons. The van der Waals surface area contributed by atoms with E-state index in [1.165, 1.54) is 6.08 Å². The number of hydrogen-bond donors (Lipinski definition) is 0. The first kappa shape index (κ1) is 8.69. The van der Waals surface area contributed by atoms with Crippen LogP contribution in [0.5, 0.6) is 0 Å². The zero-order valence-electron chi connectivity index (χ0n) is 7.68. The molecule has 2 aromatic rings. The lowest BCUT2D eigenvalue weighted by Crippen LogP contribution is -2.08. The van der Waals surface area contributed by atoms with Crippen molar-refractivity contribution in [1.29, 1.82) is 0 Å². The van der Waals surface area contributed by atoms with E-state index < -0.39 is 0 Å². The Labute approximate surface area is 81.7 Å². The van der Waals surface area contributed by atoms with Crippen LogP contribution in [0.2, 0.25) is 0 Å². The molecule has 3 nitrogen and oxygen atoms in total. The highest BCUT2D eigenvalue weighted by Gasteiger charge is 2.03. The summed E-state index contributed by atoms with van der Waals surface area (Å²) < 4.78 is 1.68. The molecule has 0 aliphatic heterocycles. The van der Waals surface area contributed by atoms with Gasteiger partial charge in [-0.3, -0.25) is 9.48 Å². The quantitative estimate of drug-likeness (QED) is 0.685. The van der Waals surface area contributed by atoms with Gasteiger partial charge >= 0.3 is 0 Å². The predicted octanol–water partition coefficient (Wildman–Crippen LogP) is 1.79. The molecule has 1 heterocycles. The SMILES string of the molecule is C=CC(=O)Cn1ncc2ccccc21. The number of aromatic nitrogens is 2. The van der Waals surface area contributed by atoms with E-state index in [-0.39, 0.29) is 12.3 Å². The summed E-state index contributed by atoms with van der Waals surface area (Å²) in [6.45, 7) is 3.69. The molecule has 0 saturated carbocycles. The zero-order valence-corrected chi connectivity index (χ0v) is 7.68. The van der Waals surface area contributed by atoms with Crippen LogP contribution in [0.3, 0.4) is 0 Å². The van der Waals surface area contributed by atoms with Crippen LogP contribution >= 0.6 is 0 Å². The molecule has 70 valence electrons. The summed E-state index contributed by atoms with van der Waals surface area (Å²) in [5.41, 5.74) is 0.975. The second kappa shape index (κ2) is 3.46. The van der Waals surface area contributed by atoms with E-state index in [0.29, 0.717) is 0 Å². The van der Waals surface area contributed by atoms with Crippen molar-refractivity contribution in [2.45, 2.75) is 6.54 Å². The van der Waals surface area contributed by atoms with Gasteiger partial charge in [0.15, 0.2) is 5.78 Å². The van der Waals surface area contributed by atoms with E-state index in [2.05, 4.69) is 11.7 Å². The largest absolute Gasteiger partial charge is 0.293 e. The minimum absolute atomic E-state index is 0.0288. The van der Waals surface area contributed by atoms with Crippen LogP contribution in [-0.4, -0.2) is 15.6 Å². The lowest BCUT2D eigenvalue weighted by Gasteiger charge is -1.98. The Kier molecular flexibility index (Phi) is 2.14. The Morgan fingerprint density at radius 2 is 2.29 bits per heavy atom. The lowest BCUT2D eigenvalue weighted by molar-refractivity contribution is -0.115. The highest BCUT2D eigenvalue weighted by atomic mass is 16.1. The first-order valence-corrected chi connectivity index (χ1v) is 4.37. The van der Waals surface area contributed by atoms with Crippen LogP contribution in [0.4, 0.5) is 0 Å². The minimum Gasteiger partial charge on any atom is -0.293 e. The first-order valence-electron chi connectivity index (χ1n) is 4.37. The van der Waals surface area contributed by atoms with E-state index in [1.54, 1.807) is 10.9 Å². The first-order chi connectivity index (χ1) is 6.81. The summed E-state index contributed by atoms with van der Waals surface area (Å²) in [6.07, 6.45) is 3.07. The van der Waals surface area contributed by atoms with Gasteiger partial charge in [-0.25, -0.2) is 0 Å². The Morgan fingerprint density at radius 3 is 3.07 bits per heavy atom. The molecule has 0 bridgehead atoms. The number of allylic oxidation sites excluding steroid dienone is 1. The normalized spacial score (nSPS) is 10.3. The minimum atomic E-state index is -0.0288. The average Bonchev–Trinajstić information content (AvgIpc) is 2.62. The third-order valence-electron chi connectivity index (χ3n) is 2.08. The molecule has 0 atom stereocenters. The smallest absolute Gasteiger partial charge is 0.176 e. The number of ketones is 1. The van der Waals surface area contributed by atoms with Crippen molar-refractivity contribution in [3.8, 4) is 0 Å². The van der Waals surface area contributed by atoms with E-state index >= 15 is 0 Å². The summed E-state index contributed by atoms with van der Waals surface area (Å²) in [6, 6.07) is 7.79. The fourth-order valence-corrected chi connectivity index (χ4v) is 1.36. The molecule has 0 N–H and O–H groups in total. The maximum atomic E-state index is 11.1. The molecule has 0 fully saturated rings. The van der Waals surface area contributed by atoms with Gasteiger partial charge in [0, 0.05) is 5.39 Å². The summed E-state index contributed by atoms with van der Waals surface area (Å²) in [4.78, 5) is 11.1. The van der Waals surface area contributed by atoms with Gasteiger partial charge in [-0.1, -0.05) is 24.8 Å². The number of para-hydroxylation sites is 1. The van der Waals surface area contributed by atoms with Gasteiger partial charge in [-0.2, -0.15) is 5.10 Å². The van der Waals surface area contributed by atoms with Crippen LogP contribution in [0.25, 0.3) is 10.9 Å². The van der Waals surface area contributed by atoms with Crippen molar-refractivity contribution in [1.82, 2.24) is 9.78 Å². The van der Waals surface area contributed by atoms with Gasteiger partial charge in [-0.05, 0) is 12.1 Å². The molecule has 3 heteroatoms. The molecule has 0 unspecified atom stereocenters. The molecule has 0 saturated heterocycles. The molecule has 14 heavy (non-hydrogen) atoms. The Bertz CT molecular complexity index is 485. The van der Waals surface area contributed by atoms with Gasteiger partial charge < -0.3 is 0 Å². The summed E-state index contributed by atoms with van der Waals surface area (Å²) in [5, 5.41) is 5.18. The van der Waals surface area contributed by atoms with Crippen molar-refractivity contribution in [3.63, 3.8) is 0 Å². The Morgan fingerprint density at radius 1 is 1.50 bits per heavy atom. The fourth-order valence-electron chi connectivity index (χ4n) is 1.36.